The number of sulfonamides is 1. The fraction of sp³-hybridized carbons (Fsp3) is 0.571. The quantitative estimate of drug-likeness (QED) is 0.684. The molecule has 0 aliphatic rings. The third kappa shape index (κ3) is 4.77. The van der Waals surface area contributed by atoms with E-state index in [1.54, 1.807) is 24.3 Å². The van der Waals surface area contributed by atoms with E-state index in [1.807, 2.05) is 20.8 Å². The molecule has 0 heterocycles. The number of nitrogens with one attached hydrogen (secondary N) is 2. The molecule has 0 bridgehead atoms. The van der Waals surface area contributed by atoms with Crippen molar-refractivity contribution in [3.05, 3.63) is 24.3 Å². The maximum absolute atomic E-state index is 12.2. The van der Waals surface area contributed by atoms with Crippen LogP contribution in [0.25, 0.3) is 0 Å². The Bertz CT molecular complexity index is 527. The smallest absolute Gasteiger partial charge is 0.242 e. The molecule has 0 aliphatic heterocycles. The van der Waals surface area contributed by atoms with Gasteiger partial charge in [0, 0.05) is 25.1 Å². The van der Waals surface area contributed by atoms with Crippen molar-refractivity contribution in [2.45, 2.75) is 32.1 Å². The largest absolute Gasteiger partial charge is 0.396 e. The van der Waals surface area contributed by atoms with Gasteiger partial charge in [0.05, 0.1) is 5.69 Å². The van der Waals surface area contributed by atoms with Crippen LogP contribution in [0.5, 0.6) is 0 Å². The molecule has 0 amide bonds. The van der Waals surface area contributed by atoms with Gasteiger partial charge in [0.15, 0.2) is 0 Å². The summed E-state index contributed by atoms with van der Waals surface area (Å²) < 4.78 is 27.0. The second kappa shape index (κ2) is 7.06. The van der Waals surface area contributed by atoms with E-state index in [2.05, 4.69) is 10.0 Å². The molecule has 0 aliphatic carbocycles. The minimum absolute atomic E-state index is 0.0308. The summed E-state index contributed by atoms with van der Waals surface area (Å²) in [5.41, 5.74) is 0.242. The minimum atomic E-state index is -3.50. The summed E-state index contributed by atoms with van der Waals surface area (Å²) in [6, 6.07) is 6.79. The topological polar surface area (TPSA) is 78.4 Å². The van der Waals surface area contributed by atoms with Crippen LogP contribution in [-0.4, -0.2) is 33.2 Å². The molecule has 0 radical (unpaired) electrons. The number of aliphatic hydroxyl groups excluding tert-OH is 1. The van der Waals surface area contributed by atoms with Gasteiger partial charge in [-0.15, -0.1) is 0 Å². The number of para-hydroxylation sites is 1. The standard InChI is InChI=1S/C14H24N2O3S/c1-4-9-16-20(18,19)13-8-6-5-7-12(13)15-10-14(2,3)11-17/h5-8,15-17H,4,9-11H2,1-3H3. The van der Waals surface area contributed by atoms with Crippen LogP contribution in [0.2, 0.25) is 0 Å². The van der Waals surface area contributed by atoms with E-state index < -0.39 is 10.0 Å². The zero-order valence-electron chi connectivity index (χ0n) is 12.3. The Morgan fingerprint density at radius 2 is 1.90 bits per heavy atom. The van der Waals surface area contributed by atoms with Crippen molar-refractivity contribution in [2.24, 2.45) is 5.41 Å². The van der Waals surface area contributed by atoms with E-state index in [0.717, 1.165) is 6.42 Å². The summed E-state index contributed by atoms with van der Waals surface area (Å²) in [6.45, 7) is 6.67. The molecule has 20 heavy (non-hydrogen) atoms. The van der Waals surface area contributed by atoms with Crippen molar-refractivity contribution >= 4 is 15.7 Å². The van der Waals surface area contributed by atoms with Crippen LogP contribution >= 0.6 is 0 Å². The van der Waals surface area contributed by atoms with Gasteiger partial charge in [-0.1, -0.05) is 32.9 Å². The SMILES string of the molecule is CCCNS(=O)(=O)c1ccccc1NCC(C)(C)CO. The van der Waals surface area contributed by atoms with Crippen LogP contribution in [-0.2, 0) is 10.0 Å². The first-order chi connectivity index (χ1) is 9.32. The molecular weight excluding hydrogens is 276 g/mol. The van der Waals surface area contributed by atoms with Crippen molar-refractivity contribution < 1.29 is 13.5 Å². The van der Waals surface area contributed by atoms with Gasteiger partial charge < -0.3 is 10.4 Å². The molecule has 6 heteroatoms. The van der Waals surface area contributed by atoms with Crippen LogP contribution < -0.4 is 10.0 Å². The molecule has 0 saturated carbocycles. The average molecular weight is 300 g/mol. The average Bonchev–Trinajstić information content (AvgIpc) is 2.43. The lowest BCUT2D eigenvalue weighted by molar-refractivity contribution is 0.171. The van der Waals surface area contributed by atoms with Crippen LogP contribution in [0.15, 0.2) is 29.2 Å². The normalized spacial score (nSPS) is 12.4. The summed E-state index contributed by atoms with van der Waals surface area (Å²) in [4.78, 5) is 0.238. The number of rotatable bonds is 8. The molecule has 0 atom stereocenters. The molecular formula is C14H24N2O3S. The molecule has 3 N–H and O–H groups in total. The first kappa shape index (κ1) is 16.9. The van der Waals surface area contributed by atoms with Gasteiger partial charge >= 0.3 is 0 Å². The van der Waals surface area contributed by atoms with Gasteiger partial charge in [0.25, 0.3) is 0 Å². The Balaban J connectivity index is 2.94. The van der Waals surface area contributed by atoms with E-state index >= 15 is 0 Å². The summed E-state index contributed by atoms with van der Waals surface area (Å²) in [6.07, 6.45) is 0.742. The summed E-state index contributed by atoms with van der Waals surface area (Å²) >= 11 is 0. The Labute approximate surface area is 121 Å². The highest BCUT2D eigenvalue weighted by Crippen LogP contribution is 2.23. The molecule has 0 unspecified atom stereocenters. The monoisotopic (exact) mass is 300 g/mol. The fourth-order valence-electron chi connectivity index (χ4n) is 1.55. The third-order valence-corrected chi connectivity index (χ3v) is 4.42. The molecule has 1 aromatic carbocycles. The highest BCUT2D eigenvalue weighted by Gasteiger charge is 2.20. The maximum atomic E-state index is 12.2. The molecule has 1 rings (SSSR count). The fourth-order valence-corrected chi connectivity index (χ4v) is 2.87. The lowest BCUT2D eigenvalue weighted by Gasteiger charge is -2.23. The lowest BCUT2D eigenvalue weighted by Crippen LogP contribution is -2.29. The highest BCUT2D eigenvalue weighted by atomic mass is 32.2. The van der Waals surface area contributed by atoms with E-state index in [4.69, 9.17) is 0 Å². The summed E-state index contributed by atoms with van der Waals surface area (Å²) in [7, 11) is -3.50. The summed E-state index contributed by atoms with van der Waals surface area (Å²) in [5.74, 6) is 0. The van der Waals surface area contributed by atoms with Crippen LogP contribution in [0.1, 0.15) is 27.2 Å². The van der Waals surface area contributed by atoms with Crippen molar-refractivity contribution in [1.82, 2.24) is 4.72 Å². The first-order valence-corrected chi connectivity index (χ1v) is 8.24. The zero-order valence-corrected chi connectivity index (χ0v) is 13.1. The first-order valence-electron chi connectivity index (χ1n) is 6.76. The highest BCUT2D eigenvalue weighted by molar-refractivity contribution is 7.89. The Morgan fingerprint density at radius 3 is 2.50 bits per heavy atom. The second-order valence-corrected chi connectivity index (χ2v) is 7.31. The number of hydrogen-bond donors (Lipinski definition) is 3. The zero-order chi connectivity index (χ0) is 15.2. The van der Waals surface area contributed by atoms with Crippen molar-refractivity contribution in [3.63, 3.8) is 0 Å². The van der Waals surface area contributed by atoms with Crippen LogP contribution in [0, 0.1) is 5.41 Å². The number of benzene rings is 1. The van der Waals surface area contributed by atoms with Crippen molar-refractivity contribution in [2.75, 3.05) is 25.0 Å². The van der Waals surface area contributed by atoms with Gasteiger partial charge in [-0.05, 0) is 18.6 Å². The summed E-state index contributed by atoms with van der Waals surface area (Å²) in [5, 5.41) is 12.4. The van der Waals surface area contributed by atoms with Crippen LogP contribution in [0.4, 0.5) is 5.69 Å². The van der Waals surface area contributed by atoms with E-state index in [-0.39, 0.29) is 16.9 Å². The van der Waals surface area contributed by atoms with Gasteiger partial charge in [-0.25, -0.2) is 13.1 Å². The van der Waals surface area contributed by atoms with Crippen molar-refractivity contribution in [3.8, 4) is 0 Å². The maximum Gasteiger partial charge on any atom is 0.242 e. The molecule has 114 valence electrons. The minimum Gasteiger partial charge on any atom is -0.396 e. The molecule has 1 aromatic rings. The molecule has 5 nitrogen and oxygen atoms in total. The Hall–Kier alpha value is -1.11. The van der Waals surface area contributed by atoms with Gasteiger partial charge in [-0.3, -0.25) is 0 Å². The van der Waals surface area contributed by atoms with Gasteiger partial charge in [0.1, 0.15) is 4.90 Å². The molecule has 0 saturated heterocycles. The second-order valence-electron chi connectivity index (χ2n) is 5.57. The molecule has 0 spiro atoms. The van der Waals surface area contributed by atoms with E-state index in [1.165, 1.54) is 0 Å². The number of anilines is 1. The third-order valence-electron chi connectivity index (χ3n) is 2.90. The van der Waals surface area contributed by atoms with E-state index in [0.29, 0.717) is 18.8 Å². The van der Waals surface area contributed by atoms with Gasteiger partial charge in [0.2, 0.25) is 10.0 Å². The number of aliphatic hydroxyl groups is 1. The molecule has 0 fully saturated rings. The van der Waals surface area contributed by atoms with E-state index in [9.17, 15) is 13.5 Å². The van der Waals surface area contributed by atoms with Gasteiger partial charge in [-0.2, -0.15) is 0 Å². The van der Waals surface area contributed by atoms with Crippen LogP contribution in [0.3, 0.4) is 0 Å². The lowest BCUT2D eigenvalue weighted by atomic mass is 9.95. The molecule has 0 aromatic heterocycles. The Kier molecular flexibility index (Phi) is 5.98. The Morgan fingerprint density at radius 1 is 1.25 bits per heavy atom. The van der Waals surface area contributed by atoms with Crippen molar-refractivity contribution in [1.29, 1.82) is 0 Å². The predicted octanol–water partition coefficient (Wildman–Crippen LogP) is 1.81. The predicted molar refractivity (Wildman–Crippen MR) is 81.3 cm³/mol. The number of hydrogen-bond acceptors (Lipinski definition) is 4.